The third-order valence-electron chi connectivity index (χ3n) is 3.05. The molecule has 0 aromatic heterocycles. The first-order valence-electron chi connectivity index (χ1n) is 6.18. The van der Waals surface area contributed by atoms with Crippen LogP contribution in [0.25, 0.3) is 0 Å². The maximum Gasteiger partial charge on any atom is 0.0109 e. The molecule has 15 heavy (non-hydrogen) atoms. The lowest BCUT2D eigenvalue weighted by atomic mass is 10.1. The van der Waals surface area contributed by atoms with Crippen molar-refractivity contribution in [1.29, 1.82) is 0 Å². The molecule has 1 N–H and O–H groups in total. The molecule has 0 aliphatic carbocycles. The van der Waals surface area contributed by atoms with E-state index in [0.717, 1.165) is 5.92 Å². The highest BCUT2D eigenvalue weighted by atomic mass is 15.2. The lowest BCUT2D eigenvalue weighted by Gasteiger charge is -2.19. The number of hydrogen-bond donors (Lipinski definition) is 1. The average molecular weight is 213 g/mol. The molecule has 3 heteroatoms. The minimum Gasteiger partial charge on any atom is -0.314 e. The Morgan fingerprint density at radius 1 is 1.40 bits per heavy atom. The van der Waals surface area contributed by atoms with E-state index in [1.807, 2.05) is 0 Å². The van der Waals surface area contributed by atoms with E-state index in [1.54, 1.807) is 0 Å². The van der Waals surface area contributed by atoms with Crippen LogP contribution < -0.4 is 5.32 Å². The fourth-order valence-electron chi connectivity index (χ4n) is 2.03. The molecule has 0 amide bonds. The highest BCUT2D eigenvalue weighted by Gasteiger charge is 2.21. The molecule has 3 nitrogen and oxygen atoms in total. The van der Waals surface area contributed by atoms with Gasteiger partial charge >= 0.3 is 0 Å². The van der Waals surface area contributed by atoms with Gasteiger partial charge in [-0.15, -0.1) is 0 Å². The molecule has 0 bridgehead atoms. The zero-order chi connectivity index (χ0) is 11.3. The zero-order valence-corrected chi connectivity index (χ0v) is 10.8. The molecule has 1 saturated heterocycles. The number of rotatable bonds is 6. The molecule has 1 unspecified atom stereocenters. The molecule has 0 radical (unpaired) electrons. The molecule has 1 fully saturated rings. The Hall–Kier alpha value is -0.120. The molecule has 0 aromatic rings. The quantitative estimate of drug-likeness (QED) is 0.706. The number of hydrogen-bond acceptors (Lipinski definition) is 3. The maximum absolute atomic E-state index is 3.54. The first-order valence-corrected chi connectivity index (χ1v) is 6.18. The van der Waals surface area contributed by atoms with Gasteiger partial charge in [0, 0.05) is 25.7 Å². The van der Waals surface area contributed by atoms with Crippen LogP contribution in [0.5, 0.6) is 0 Å². The van der Waals surface area contributed by atoms with E-state index in [1.165, 1.54) is 39.1 Å². The summed E-state index contributed by atoms with van der Waals surface area (Å²) in [4.78, 5) is 4.85. The largest absolute Gasteiger partial charge is 0.314 e. The minimum absolute atomic E-state index is 0.626. The monoisotopic (exact) mass is 213 g/mol. The van der Waals surface area contributed by atoms with E-state index in [0.29, 0.717) is 6.04 Å². The van der Waals surface area contributed by atoms with E-state index < -0.39 is 0 Å². The van der Waals surface area contributed by atoms with Gasteiger partial charge in [0.25, 0.3) is 0 Å². The molecular weight excluding hydrogens is 186 g/mol. The van der Waals surface area contributed by atoms with Gasteiger partial charge < -0.3 is 15.1 Å². The van der Waals surface area contributed by atoms with Crippen molar-refractivity contribution in [2.45, 2.75) is 26.3 Å². The van der Waals surface area contributed by atoms with Crippen LogP contribution in [0.4, 0.5) is 0 Å². The van der Waals surface area contributed by atoms with Crippen LogP contribution in [-0.4, -0.2) is 62.7 Å². The molecule has 1 heterocycles. The van der Waals surface area contributed by atoms with E-state index in [-0.39, 0.29) is 0 Å². The van der Waals surface area contributed by atoms with Gasteiger partial charge in [-0.3, -0.25) is 0 Å². The Labute approximate surface area is 94.8 Å². The lowest BCUT2D eigenvalue weighted by Crippen LogP contribution is -2.33. The molecule has 0 spiro atoms. The van der Waals surface area contributed by atoms with Gasteiger partial charge in [-0.25, -0.2) is 0 Å². The molecule has 1 rings (SSSR count). The van der Waals surface area contributed by atoms with Gasteiger partial charge in [0.15, 0.2) is 0 Å². The lowest BCUT2D eigenvalue weighted by molar-refractivity contribution is 0.274. The molecular formula is C12H27N3. The zero-order valence-electron chi connectivity index (χ0n) is 10.8. The fraction of sp³-hybridized carbons (Fsp3) is 1.00. The van der Waals surface area contributed by atoms with Crippen LogP contribution >= 0.6 is 0 Å². The summed E-state index contributed by atoms with van der Waals surface area (Å²) in [7, 11) is 4.29. The molecule has 90 valence electrons. The molecule has 1 aliphatic heterocycles. The number of likely N-dealkylation sites (tertiary alicyclic amines) is 1. The Balaban J connectivity index is 2.10. The second-order valence-electron chi connectivity index (χ2n) is 5.32. The van der Waals surface area contributed by atoms with Crippen LogP contribution in [0.15, 0.2) is 0 Å². The first-order chi connectivity index (χ1) is 7.08. The van der Waals surface area contributed by atoms with Crippen molar-refractivity contribution in [3.05, 3.63) is 0 Å². The number of nitrogens with zero attached hydrogens (tertiary/aromatic N) is 2. The van der Waals surface area contributed by atoms with Crippen LogP contribution in [-0.2, 0) is 0 Å². The molecule has 1 atom stereocenters. The van der Waals surface area contributed by atoms with E-state index in [4.69, 9.17) is 0 Å². The number of nitrogens with one attached hydrogen (secondary N) is 1. The minimum atomic E-state index is 0.626. The third-order valence-corrected chi connectivity index (χ3v) is 3.05. The Kier molecular flexibility index (Phi) is 5.58. The van der Waals surface area contributed by atoms with Gasteiger partial charge in [-0.2, -0.15) is 0 Å². The van der Waals surface area contributed by atoms with Crippen molar-refractivity contribution in [2.24, 2.45) is 5.92 Å². The normalized spacial score (nSPS) is 23.2. The van der Waals surface area contributed by atoms with Gasteiger partial charge in [0.2, 0.25) is 0 Å². The van der Waals surface area contributed by atoms with Crippen molar-refractivity contribution in [3.63, 3.8) is 0 Å². The van der Waals surface area contributed by atoms with Gasteiger partial charge in [0.1, 0.15) is 0 Å². The summed E-state index contributed by atoms with van der Waals surface area (Å²) in [5.74, 6) is 0.870. The summed E-state index contributed by atoms with van der Waals surface area (Å²) in [5, 5.41) is 3.54. The molecule has 0 aromatic carbocycles. The van der Waals surface area contributed by atoms with Crippen LogP contribution in [0.1, 0.15) is 20.3 Å². The van der Waals surface area contributed by atoms with Crippen LogP contribution in [0.3, 0.4) is 0 Å². The standard InChI is InChI=1S/C12H27N3/c1-11(2)13-9-12-5-6-15(10-12)8-7-14(3)4/h11-13H,5-10H2,1-4H3. The van der Waals surface area contributed by atoms with Crippen LogP contribution in [0.2, 0.25) is 0 Å². The highest BCUT2D eigenvalue weighted by molar-refractivity contribution is 4.77. The summed E-state index contributed by atoms with van der Waals surface area (Å²) < 4.78 is 0. The second kappa shape index (κ2) is 6.46. The topological polar surface area (TPSA) is 18.5 Å². The van der Waals surface area contributed by atoms with Crippen molar-refractivity contribution < 1.29 is 0 Å². The van der Waals surface area contributed by atoms with Crippen molar-refractivity contribution >= 4 is 0 Å². The predicted octanol–water partition coefficient (Wildman–Crippen LogP) is 0.868. The predicted molar refractivity (Wildman–Crippen MR) is 66.2 cm³/mol. The fourth-order valence-corrected chi connectivity index (χ4v) is 2.03. The van der Waals surface area contributed by atoms with Crippen molar-refractivity contribution in [1.82, 2.24) is 15.1 Å². The van der Waals surface area contributed by atoms with Gasteiger partial charge in [-0.1, -0.05) is 13.8 Å². The van der Waals surface area contributed by atoms with E-state index in [9.17, 15) is 0 Å². The van der Waals surface area contributed by atoms with E-state index >= 15 is 0 Å². The summed E-state index contributed by atoms with van der Waals surface area (Å²) in [5.41, 5.74) is 0. The summed E-state index contributed by atoms with van der Waals surface area (Å²) in [6.07, 6.45) is 1.37. The second-order valence-corrected chi connectivity index (χ2v) is 5.32. The average Bonchev–Trinajstić information content (AvgIpc) is 2.59. The Morgan fingerprint density at radius 2 is 2.13 bits per heavy atom. The van der Waals surface area contributed by atoms with Gasteiger partial charge in [-0.05, 0) is 39.5 Å². The van der Waals surface area contributed by atoms with Crippen molar-refractivity contribution in [2.75, 3.05) is 46.8 Å². The molecule has 0 saturated carbocycles. The molecule has 1 aliphatic rings. The Bertz CT molecular complexity index is 150. The number of likely N-dealkylation sites (N-methyl/N-ethyl adjacent to an activating group) is 1. The van der Waals surface area contributed by atoms with E-state index in [2.05, 4.69) is 43.1 Å². The third kappa shape index (κ3) is 5.50. The van der Waals surface area contributed by atoms with Gasteiger partial charge in [0.05, 0.1) is 0 Å². The summed E-state index contributed by atoms with van der Waals surface area (Å²) in [6.45, 7) is 10.6. The SMILES string of the molecule is CC(C)NCC1CCN(CCN(C)C)C1. The highest BCUT2D eigenvalue weighted by Crippen LogP contribution is 2.14. The maximum atomic E-state index is 3.54. The Morgan fingerprint density at radius 3 is 2.73 bits per heavy atom. The first kappa shape index (κ1) is 12.9. The summed E-state index contributed by atoms with van der Waals surface area (Å²) >= 11 is 0. The van der Waals surface area contributed by atoms with Crippen LogP contribution in [0, 0.1) is 5.92 Å². The summed E-state index contributed by atoms with van der Waals surface area (Å²) in [6, 6.07) is 0.626. The smallest absolute Gasteiger partial charge is 0.0109 e. The van der Waals surface area contributed by atoms with Crippen molar-refractivity contribution in [3.8, 4) is 0 Å².